The summed E-state index contributed by atoms with van der Waals surface area (Å²) in [5.74, 6) is 1.11. The highest BCUT2D eigenvalue weighted by atomic mass is 14.9. The molecule has 0 bridgehead atoms. The van der Waals surface area contributed by atoms with E-state index in [4.69, 9.17) is 5.26 Å². The molecular weight excluding hydrogens is 198 g/mol. The molecule has 1 atom stereocenters. The van der Waals surface area contributed by atoms with Crippen molar-refractivity contribution in [3.8, 4) is 6.07 Å². The van der Waals surface area contributed by atoms with Gasteiger partial charge in [0.05, 0.1) is 11.6 Å². The van der Waals surface area contributed by atoms with Crippen molar-refractivity contribution in [1.82, 2.24) is 9.97 Å². The van der Waals surface area contributed by atoms with Crippen molar-refractivity contribution in [3.63, 3.8) is 0 Å². The summed E-state index contributed by atoms with van der Waals surface area (Å²) in [6, 6.07) is 8.07. The van der Waals surface area contributed by atoms with Gasteiger partial charge in [-0.1, -0.05) is 13.0 Å². The number of aryl methyl sites for hydroxylation is 1. The summed E-state index contributed by atoms with van der Waals surface area (Å²) >= 11 is 0. The van der Waals surface area contributed by atoms with Crippen LogP contribution in [0.1, 0.15) is 35.4 Å². The van der Waals surface area contributed by atoms with Gasteiger partial charge in [-0.05, 0) is 30.2 Å². The van der Waals surface area contributed by atoms with E-state index in [0.717, 1.165) is 17.0 Å². The summed E-state index contributed by atoms with van der Waals surface area (Å²) in [4.78, 5) is 7.34. The second kappa shape index (κ2) is 4.19. The minimum absolute atomic E-state index is 0.182. The topological polar surface area (TPSA) is 52.5 Å². The van der Waals surface area contributed by atoms with Gasteiger partial charge in [-0.15, -0.1) is 0 Å². The molecule has 1 N–H and O–H groups in total. The molecule has 0 aliphatic carbocycles. The maximum absolute atomic E-state index is 8.93. The Hall–Kier alpha value is -2.08. The SMILES string of the molecule is Cc1cc(C#N)cc(C(C)c2ncc[nH]2)c1. The Morgan fingerprint density at radius 2 is 2.19 bits per heavy atom. The molecule has 1 aromatic heterocycles. The predicted octanol–water partition coefficient (Wildman–Crippen LogP) is 2.74. The van der Waals surface area contributed by atoms with Crippen LogP contribution in [-0.4, -0.2) is 9.97 Å². The van der Waals surface area contributed by atoms with E-state index >= 15 is 0 Å². The number of nitrogens with zero attached hydrogens (tertiary/aromatic N) is 2. The zero-order valence-corrected chi connectivity index (χ0v) is 9.36. The first-order valence-electron chi connectivity index (χ1n) is 5.21. The van der Waals surface area contributed by atoms with E-state index < -0.39 is 0 Å². The van der Waals surface area contributed by atoms with Gasteiger partial charge in [0.2, 0.25) is 0 Å². The zero-order valence-electron chi connectivity index (χ0n) is 9.36. The Labute approximate surface area is 94.8 Å². The molecule has 2 rings (SSSR count). The highest BCUT2D eigenvalue weighted by Crippen LogP contribution is 2.23. The van der Waals surface area contributed by atoms with Crippen molar-refractivity contribution in [3.05, 3.63) is 53.1 Å². The van der Waals surface area contributed by atoms with Crippen LogP contribution in [0.15, 0.2) is 30.6 Å². The number of hydrogen-bond acceptors (Lipinski definition) is 2. The monoisotopic (exact) mass is 211 g/mol. The van der Waals surface area contributed by atoms with Gasteiger partial charge in [-0.25, -0.2) is 4.98 Å². The number of H-pyrrole nitrogens is 1. The van der Waals surface area contributed by atoms with Gasteiger partial charge in [0, 0.05) is 18.3 Å². The van der Waals surface area contributed by atoms with Crippen molar-refractivity contribution < 1.29 is 0 Å². The molecule has 80 valence electrons. The molecule has 3 heteroatoms. The minimum Gasteiger partial charge on any atom is -0.348 e. The van der Waals surface area contributed by atoms with Gasteiger partial charge >= 0.3 is 0 Å². The maximum atomic E-state index is 8.93. The highest BCUT2D eigenvalue weighted by Gasteiger charge is 2.11. The van der Waals surface area contributed by atoms with Crippen LogP contribution in [0.5, 0.6) is 0 Å². The Morgan fingerprint density at radius 3 is 2.81 bits per heavy atom. The van der Waals surface area contributed by atoms with Gasteiger partial charge in [0.25, 0.3) is 0 Å². The molecule has 0 amide bonds. The quantitative estimate of drug-likeness (QED) is 0.830. The van der Waals surface area contributed by atoms with E-state index in [1.165, 1.54) is 0 Å². The summed E-state index contributed by atoms with van der Waals surface area (Å²) in [5, 5.41) is 8.93. The van der Waals surface area contributed by atoms with Gasteiger partial charge < -0.3 is 4.98 Å². The number of benzene rings is 1. The van der Waals surface area contributed by atoms with Crippen LogP contribution < -0.4 is 0 Å². The first-order valence-corrected chi connectivity index (χ1v) is 5.21. The van der Waals surface area contributed by atoms with E-state index in [-0.39, 0.29) is 5.92 Å². The average Bonchev–Trinajstić information content (AvgIpc) is 2.80. The third-order valence-electron chi connectivity index (χ3n) is 2.66. The van der Waals surface area contributed by atoms with Crippen LogP contribution in [-0.2, 0) is 0 Å². The number of imidazole rings is 1. The summed E-state index contributed by atoms with van der Waals surface area (Å²) in [6.45, 7) is 4.08. The smallest absolute Gasteiger partial charge is 0.113 e. The molecule has 1 aromatic carbocycles. The fourth-order valence-electron chi connectivity index (χ4n) is 1.80. The number of hydrogen-bond donors (Lipinski definition) is 1. The van der Waals surface area contributed by atoms with Gasteiger partial charge in [0.15, 0.2) is 0 Å². The molecule has 0 saturated heterocycles. The second-order valence-corrected chi connectivity index (χ2v) is 3.94. The molecule has 16 heavy (non-hydrogen) atoms. The zero-order chi connectivity index (χ0) is 11.5. The normalized spacial score (nSPS) is 12.1. The highest BCUT2D eigenvalue weighted by molar-refractivity contribution is 5.39. The molecule has 0 spiro atoms. The van der Waals surface area contributed by atoms with E-state index in [2.05, 4.69) is 29.0 Å². The van der Waals surface area contributed by atoms with Crippen molar-refractivity contribution in [2.45, 2.75) is 19.8 Å². The fraction of sp³-hybridized carbons (Fsp3) is 0.231. The number of aromatic amines is 1. The summed E-state index contributed by atoms with van der Waals surface area (Å²) in [6.07, 6.45) is 3.56. The molecule has 0 aliphatic heterocycles. The largest absolute Gasteiger partial charge is 0.348 e. The van der Waals surface area contributed by atoms with E-state index in [1.54, 1.807) is 6.20 Å². The van der Waals surface area contributed by atoms with Gasteiger partial charge in [-0.3, -0.25) is 0 Å². The van der Waals surface area contributed by atoms with Crippen LogP contribution in [0.3, 0.4) is 0 Å². The summed E-state index contributed by atoms with van der Waals surface area (Å²) < 4.78 is 0. The number of nitriles is 1. The van der Waals surface area contributed by atoms with Crippen molar-refractivity contribution in [1.29, 1.82) is 5.26 Å². The Balaban J connectivity index is 2.41. The molecule has 1 heterocycles. The van der Waals surface area contributed by atoms with E-state index in [1.807, 2.05) is 25.3 Å². The molecular formula is C13H13N3. The molecule has 0 radical (unpaired) electrons. The van der Waals surface area contributed by atoms with Crippen LogP contribution in [0.4, 0.5) is 0 Å². The lowest BCUT2D eigenvalue weighted by Crippen LogP contribution is -1.99. The fourth-order valence-corrected chi connectivity index (χ4v) is 1.80. The van der Waals surface area contributed by atoms with E-state index in [9.17, 15) is 0 Å². The predicted molar refractivity (Wildman–Crippen MR) is 62.0 cm³/mol. The molecule has 1 unspecified atom stereocenters. The Bertz CT molecular complexity index is 521. The number of aromatic nitrogens is 2. The first kappa shape index (κ1) is 10.4. The van der Waals surface area contributed by atoms with Crippen LogP contribution in [0, 0.1) is 18.3 Å². The number of nitrogens with one attached hydrogen (secondary N) is 1. The van der Waals surface area contributed by atoms with E-state index in [0.29, 0.717) is 5.56 Å². The standard InChI is InChI=1S/C13H13N3/c1-9-5-11(8-14)7-12(6-9)10(2)13-15-3-4-16-13/h3-7,10H,1-2H3,(H,15,16). The van der Waals surface area contributed by atoms with Gasteiger partial charge in [0.1, 0.15) is 5.82 Å². The van der Waals surface area contributed by atoms with Crippen molar-refractivity contribution >= 4 is 0 Å². The Kier molecular flexibility index (Phi) is 2.74. The Morgan fingerprint density at radius 1 is 1.38 bits per heavy atom. The summed E-state index contributed by atoms with van der Waals surface area (Å²) in [5.41, 5.74) is 2.92. The molecule has 0 saturated carbocycles. The third kappa shape index (κ3) is 1.96. The molecule has 0 fully saturated rings. The van der Waals surface area contributed by atoms with Gasteiger partial charge in [-0.2, -0.15) is 5.26 Å². The van der Waals surface area contributed by atoms with Crippen LogP contribution >= 0.6 is 0 Å². The van der Waals surface area contributed by atoms with Crippen molar-refractivity contribution in [2.75, 3.05) is 0 Å². The number of rotatable bonds is 2. The maximum Gasteiger partial charge on any atom is 0.113 e. The lowest BCUT2D eigenvalue weighted by molar-refractivity contribution is 0.838. The molecule has 3 nitrogen and oxygen atoms in total. The average molecular weight is 211 g/mol. The first-order chi connectivity index (χ1) is 7.70. The third-order valence-corrected chi connectivity index (χ3v) is 2.66. The molecule has 0 aliphatic rings. The van der Waals surface area contributed by atoms with Crippen LogP contribution in [0.25, 0.3) is 0 Å². The lowest BCUT2D eigenvalue weighted by atomic mass is 9.96. The minimum atomic E-state index is 0.182. The lowest BCUT2D eigenvalue weighted by Gasteiger charge is -2.10. The second-order valence-electron chi connectivity index (χ2n) is 3.94. The van der Waals surface area contributed by atoms with Crippen molar-refractivity contribution in [2.24, 2.45) is 0 Å². The molecule has 2 aromatic rings. The van der Waals surface area contributed by atoms with Crippen LogP contribution in [0.2, 0.25) is 0 Å². The summed E-state index contributed by atoms with van der Waals surface area (Å²) in [7, 11) is 0.